The fourth-order valence-corrected chi connectivity index (χ4v) is 5.34. The molecule has 0 atom stereocenters. The van der Waals surface area contributed by atoms with E-state index < -0.39 is 26.9 Å². The highest BCUT2D eigenvalue weighted by molar-refractivity contribution is 7.90. The fraction of sp³-hybridized carbons (Fsp3) is 0.400. The van der Waals surface area contributed by atoms with Crippen LogP contribution in [-0.2, 0) is 15.6 Å². The summed E-state index contributed by atoms with van der Waals surface area (Å²) in [4.78, 5) is 24.4. The van der Waals surface area contributed by atoms with Gasteiger partial charge in [-0.3, -0.25) is 4.79 Å². The number of aromatic nitrogens is 1. The second kappa shape index (κ2) is 6.88. The first-order chi connectivity index (χ1) is 13.6. The molecule has 2 heterocycles. The minimum atomic E-state index is -3.76. The normalized spacial score (nSPS) is 17.0. The summed E-state index contributed by atoms with van der Waals surface area (Å²) in [6, 6.07) is 3.95. The third-order valence-electron chi connectivity index (χ3n) is 5.00. The standard InChI is InChI=1S/C20H20ClNO6S/c1-10(2)8-28-16-7-17-13(6-15(16)21)18-11(9-29(17,26)27)5-14(20(24)25)19(23)22(18)12-3-4-12/h5-7,10,12H,3-4,8-9H2,1-2H3,(H,24,25). The third kappa shape index (κ3) is 3.44. The Morgan fingerprint density at radius 1 is 1.31 bits per heavy atom. The number of benzene rings is 1. The molecule has 7 nitrogen and oxygen atoms in total. The molecule has 0 amide bonds. The molecule has 1 aliphatic heterocycles. The second-order valence-electron chi connectivity index (χ2n) is 7.89. The van der Waals surface area contributed by atoms with Gasteiger partial charge in [0, 0.05) is 17.7 Å². The SMILES string of the molecule is CC(C)COc1cc2c(cc1Cl)-c1c(cc(C(=O)O)c(=O)n1C1CC1)CS2(=O)=O. The molecule has 154 valence electrons. The van der Waals surface area contributed by atoms with Gasteiger partial charge in [0.1, 0.15) is 11.3 Å². The maximum atomic E-state index is 13.0. The number of fused-ring (bicyclic) bond motifs is 3. The molecule has 1 aliphatic carbocycles. The number of carbonyl (C=O) groups is 1. The third-order valence-corrected chi connectivity index (χ3v) is 6.99. The predicted molar refractivity (Wildman–Crippen MR) is 108 cm³/mol. The van der Waals surface area contributed by atoms with E-state index in [1.807, 2.05) is 13.8 Å². The quantitative estimate of drug-likeness (QED) is 0.767. The van der Waals surface area contributed by atoms with Crippen molar-refractivity contribution in [2.45, 2.75) is 43.4 Å². The van der Waals surface area contributed by atoms with Gasteiger partial charge < -0.3 is 14.4 Å². The zero-order chi connectivity index (χ0) is 21.1. The maximum Gasteiger partial charge on any atom is 0.341 e. The smallest absolute Gasteiger partial charge is 0.341 e. The van der Waals surface area contributed by atoms with Gasteiger partial charge in [0.05, 0.1) is 28.0 Å². The average Bonchev–Trinajstić information content (AvgIpc) is 3.44. The number of rotatable bonds is 5. The Morgan fingerprint density at radius 3 is 2.59 bits per heavy atom. The number of pyridine rings is 1. The molecule has 1 fully saturated rings. The van der Waals surface area contributed by atoms with Gasteiger partial charge in [-0.15, -0.1) is 0 Å². The first-order valence-corrected chi connectivity index (χ1v) is 11.3. The molecule has 2 aromatic rings. The first-order valence-electron chi connectivity index (χ1n) is 9.31. The minimum absolute atomic E-state index is 0.0463. The van der Waals surface area contributed by atoms with Crippen molar-refractivity contribution in [2.75, 3.05) is 6.61 Å². The van der Waals surface area contributed by atoms with Gasteiger partial charge in [0.15, 0.2) is 9.84 Å². The van der Waals surface area contributed by atoms with Crippen LogP contribution in [0, 0.1) is 5.92 Å². The van der Waals surface area contributed by atoms with Gasteiger partial charge in [-0.1, -0.05) is 25.4 Å². The Balaban J connectivity index is 1.99. The van der Waals surface area contributed by atoms with E-state index >= 15 is 0 Å². The lowest BCUT2D eigenvalue weighted by atomic mass is 10.0. The molecule has 0 spiro atoms. The summed E-state index contributed by atoms with van der Waals surface area (Å²) in [5.41, 5.74) is 0.00424. The lowest BCUT2D eigenvalue weighted by Gasteiger charge is -2.25. The number of nitrogens with zero attached hydrogens (tertiary/aromatic N) is 1. The summed E-state index contributed by atoms with van der Waals surface area (Å²) in [5, 5.41) is 9.64. The maximum absolute atomic E-state index is 13.0. The molecule has 1 N–H and O–H groups in total. The number of halogens is 1. The lowest BCUT2D eigenvalue weighted by molar-refractivity contribution is 0.0694. The first kappa shape index (κ1) is 20.0. The molecular weight excluding hydrogens is 418 g/mol. The van der Waals surface area contributed by atoms with Gasteiger partial charge >= 0.3 is 5.97 Å². The minimum Gasteiger partial charge on any atom is -0.492 e. The van der Waals surface area contributed by atoms with Crippen LogP contribution in [0.1, 0.15) is 48.7 Å². The molecule has 0 saturated heterocycles. The Hall–Kier alpha value is -2.32. The molecule has 2 aliphatic rings. The van der Waals surface area contributed by atoms with E-state index in [0.29, 0.717) is 23.4 Å². The van der Waals surface area contributed by atoms with Crippen LogP contribution in [0.15, 0.2) is 27.9 Å². The van der Waals surface area contributed by atoms with Crippen molar-refractivity contribution >= 4 is 27.4 Å². The lowest BCUT2D eigenvalue weighted by Crippen LogP contribution is -2.30. The van der Waals surface area contributed by atoms with E-state index in [4.69, 9.17) is 16.3 Å². The number of carboxylic acids is 1. The van der Waals surface area contributed by atoms with Gasteiger partial charge in [0.25, 0.3) is 5.56 Å². The number of hydrogen-bond acceptors (Lipinski definition) is 5. The topological polar surface area (TPSA) is 103 Å². The van der Waals surface area contributed by atoms with Crippen molar-refractivity contribution in [1.82, 2.24) is 4.57 Å². The van der Waals surface area contributed by atoms with Crippen LogP contribution in [0.25, 0.3) is 11.3 Å². The van der Waals surface area contributed by atoms with E-state index in [1.165, 1.54) is 22.8 Å². The zero-order valence-corrected chi connectivity index (χ0v) is 17.5. The summed E-state index contributed by atoms with van der Waals surface area (Å²) in [7, 11) is -3.76. The Kier molecular flexibility index (Phi) is 4.74. The van der Waals surface area contributed by atoms with Crippen LogP contribution >= 0.6 is 11.6 Å². The summed E-state index contributed by atoms with van der Waals surface area (Å²) in [6.45, 7) is 4.31. The largest absolute Gasteiger partial charge is 0.492 e. The number of ether oxygens (including phenoxy) is 1. The number of hydrogen-bond donors (Lipinski definition) is 1. The molecule has 0 radical (unpaired) electrons. The van der Waals surface area contributed by atoms with Gasteiger partial charge in [-0.2, -0.15) is 0 Å². The zero-order valence-electron chi connectivity index (χ0n) is 15.9. The van der Waals surface area contributed by atoms with E-state index in [0.717, 1.165) is 12.8 Å². The number of carboxylic acid groups (broad SMARTS) is 1. The summed E-state index contributed by atoms with van der Waals surface area (Å²) in [5.74, 6) is -1.25. The molecule has 9 heteroatoms. The predicted octanol–water partition coefficient (Wildman–Crippen LogP) is 3.52. The monoisotopic (exact) mass is 437 g/mol. The van der Waals surface area contributed by atoms with Crippen molar-refractivity contribution < 1.29 is 23.1 Å². The number of sulfone groups is 1. The molecular formula is C20H20ClNO6S. The number of aromatic carboxylic acids is 1. The highest BCUT2D eigenvalue weighted by atomic mass is 35.5. The molecule has 4 rings (SSSR count). The van der Waals surface area contributed by atoms with Crippen molar-refractivity contribution in [2.24, 2.45) is 5.92 Å². The summed E-state index contributed by atoms with van der Waals surface area (Å²) >= 11 is 6.37. The van der Waals surface area contributed by atoms with Crippen LogP contribution in [0.4, 0.5) is 0 Å². The molecule has 0 unspecified atom stereocenters. The molecule has 0 bridgehead atoms. The van der Waals surface area contributed by atoms with E-state index in [1.54, 1.807) is 0 Å². The highest BCUT2D eigenvalue weighted by Gasteiger charge is 2.37. The summed E-state index contributed by atoms with van der Waals surface area (Å²) < 4.78 is 33.0. The second-order valence-corrected chi connectivity index (χ2v) is 10.3. The molecule has 1 saturated carbocycles. The van der Waals surface area contributed by atoms with E-state index in [-0.39, 0.29) is 33.4 Å². The van der Waals surface area contributed by atoms with Gasteiger partial charge in [0.2, 0.25) is 0 Å². The fourth-order valence-electron chi connectivity index (χ4n) is 3.56. The van der Waals surface area contributed by atoms with Crippen LogP contribution in [0.2, 0.25) is 5.02 Å². The van der Waals surface area contributed by atoms with Crippen molar-refractivity contribution in [3.8, 4) is 17.0 Å². The van der Waals surface area contributed by atoms with Gasteiger partial charge in [-0.25, -0.2) is 13.2 Å². The molecule has 1 aromatic heterocycles. The Labute approximate surface area is 172 Å². The van der Waals surface area contributed by atoms with Crippen molar-refractivity contribution in [1.29, 1.82) is 0 Å². The average molecular weight is 438 g/mol. The van der Waals surface area contributed by atoms with Crippen LogP contribution in [0.5, 0.6) is 5.75 Å². The Morgan fingerprint density at radius 2 is 2.00 bits per heavy atom. The van der Waals surface area contributed by atoms with E-state index in [2.05, 4.69) is 0 Å². The molecule has 29 heavy (non-hydrogen) atoms. The molecule has 1 aromatic carbocycles. The van der Waals surface area contributed by atoms with Crippen LogP contribution in [-0.4, -0.2) is 30.7 Å². The van der Waals surface area contributed by atoms with E-state index in [9.17, 15) is 23.1 Å². The Bertz CT molecular complexity index is 1190. The highest BCUT2D eigenvalue weighted by Crippen LogP contribution is 2.46. The van der Waals surface area contributed by atoms with Gasteiger partial charge in [-0.05, 0) is 36.5 Å². The van der Waals surface area contributed by atoms with Crippen molar-refractivity contribution in [3.05, 3.63) is 44.7 Å². The van der Waals surface area contributed by atoms with Crippen molar-refractivity contribution in [3.63, 3.8) is 0 Å². The summed E-state index contributed by atoms with van der Waals surface area (Å²) in [6.07, 6.45) is 1.47. The van der Waals surface area contributed by atoms with Crippen LogP contribution in [0.3, 0.4) is 0 Å². The van der Waals surface area contributed by atoms with Crippen LogP contribution < -0.4 is 10.3 Å².